The van der Waals surface area contributed by atoms with Gasteiger partial charge >= 0.3 is 0 Å². The van der Waals surface area contributed by atoms with Gasteiger partial charge in [-0.15, -0.1) is 0 Å². The highest BCUT2D eigenvalue weighted by Crippen LogP contribution is 2.54. The molecule has 0 saturated heterocycles. The molecule has 7 aromatic carbocycles. The van der Waals surface area contributed by atoms with Crippen molar-refractivity contribution in [2.75, 3.05) is 9.80 Å². The van der Waals surface area contributed by atoms with Crippen LogP contribution in [0.5, 0.6) is 0 Å². The van der Waals surface area contributed by atoms with Crippen LogP contribution < -0.4 is 9.80 Å². The largest absolute Gasteiger partial charge is 0.310 e. The predicted octanol–water partition coefficient (Wildman–Crippen LogP) is 13.1. The molecule has 2 nitrogen and oxygen atoms in total. The minimum atomic E-state index is -0.196. The lowest BCUT2D eigenvalue weighted by molar-refractivity contribution is 0.583. The van der Waals surface area contributed by atoms with Crippen molar-refractivity contribution >= 4 is 34.1 Å². The van der Waals surface area contributed by atoms with Gasteiger partial charge in [-0.05, 0) is 139 Å². The Kier molecular flexibility index (Phi) is 8.09. The van der Waals surface area contributed by atoms with Crippen LogP contribution in [0.1, 0.15) is 40.3 Å². The summed E-state index contributed by atoms with van der Waals surface area (Å²) in [4.78, 5) is 4.77. The Morgan fingerprint density at radius 3 is 1.24 bits per heavy atom. The fourth-order valence-corrected chi connectivity index (χ4v) is 7.78. The maximum atomic E-state index is 2.43. The van der Waals surface area contributed by atoms with Gasteiger partial charge in [0.15, 0.2) is 0 Å². The molecule has 8 rings (SSSR count). The Morgan fingerprint density at radius 2 is 0.800 bits per heavy atom. The van der Waals surface area contributed by atoms with Crippen molar-refractivity contribution < 1.29 is 0 Å². The van der Waals surface area contributed by atoms with Gasteiger partial charge in [0, 0.05) is 39.5 Å². The first kappa shape index (κ1) is 31.4. The number of benzene rings is 7. The number of hydrogen-bond donors (Lipinski definition) is 0. The molecule has 0 aromatic heterocycles. The molecule has 0 amide bonds. The van der Waals surface area contributed by atoms with Gasteiger partial charge in [-0.3, -0.25) is 0 Å². The maximum absolute atomic E-state index is 2.43. The molecule has 0 fully saturated rings. The number of anilines is 6. The van der Waals surface area contributed by atoms with Crippen LogP contribution in [0.15, 0.2) is 170 Å². The normalized spacial score (nSPS) is 12.6. The molecule has 0 spiro atoms. The van der Waals surface area contributed by atoms with E-state index in [1.54, 1.807) is 0 Å². The summed E-state index contributed by atoms with van der Waals surface area (Å²) < 4.78 is 0. The smallest absolute Gasteiger partial charge is 0.0468 e. The van der Waals surface area contributed by atoms with E-state index in [4.69, 9.17) is 0 Å². The van der Waals surface area contributed by atoms with Crippen molar-refractivity contribution in [3.8, 4) is 11.1 Å². The zero-order valence-corrected chi connectivity index (χ0v) is 29.3. The standard InChI is InChI=1S/C48H42N2/c1-34-21-23-37(24-22-34)33-48(4)46-27-25-42(49(38-15-7-5-8-16-38)40-19-11-13-35(2)29-40)31-44(46)45-32-43(26-28-47(45)48)50(39-17-9-6-10-18-39)41-20-12-14-36(3)30-41/h5-32H,33H2,1-4H3. The van der Waals surface area contributed by atoms with Gasteiger partial charge in [0.25, 0.3) is 0 Å². The molecule has 244 valence electrons. The predicted molar refractivity (Wildman–Crippen MR) is 212 cm³/mol. The lowest BCUT2D eigenvalue weighted by Crippen LogP contribution is -2.24. The average molecular weight is 647 g/mol. The number of fused-ring (bicyclic) bond motifs is 3. The highest BCUT2D eigenvalue weighted by atomic mass is 15.1. The molecule has 0 aliphatic heterocycles. The lowest BCUT2D eigenvalue weighted by Gasteiger charge is -2.30. The first-order chi connectivity index (χ1) is 24.4. The summed E-state index contributed by atoms with van der Waals surface area (Å²) in [5, 5.41) is 0. The SMILES string of the molecule is Cc1ccc(CC2(C)c3ccc(N(c4ccccc4)c4cccc(C)c4)cc3-c3cc(N(c4ccccc4)c4cccc(C)c4)ccc32)cc1. The molecule has 0 unspecified atom stereocenters. The van der Waals surface area contributed by atoms with E-state index in [-0.39, 0.29) is 5.41 Å². The zero-order valence-electron chi connectivity index (χ0n) is 29.3. The number of aryl methyl sites for hydroxylation is 3. The second-order valence-electron chi connectivity index (χ2n) is 14.0. The van der Waals surface area contributed by atoms with E-state index >= 15 is 0 Å². The van der Waals surface area contributed by atoms with Gasteiger partial charge in [-0.25, -0.2) is 0 Å². The molecular weight excluding hydrogens is 605 g/mol. The van der Waals surface area contributed by atoms with Gasteiger partial charge in [0.1, 0.15) is 0 Å². The monoisotopic (exact) mass is 646 g/mol. The molecule has 0 radical (unpaired) electrons. The lowest BCUT2D eigenvalue weighted by atomic mass is 9.75. The van der Waals surface area contributed by atoms with Crippen LogP contribution in [0, 0.1) is 20.8 Å². The molecule has 0 saturated carbocycles. The second-order valence-corrected chi connectivity index (χ2v) is 14.0. The highest BCUT2D eigenvalue weighted by Gasteiger charge is 2.40. The Hall–Kier alpha value is -5.86. The third kappa shape index (κ3) is 5.77. The van der Waals surface area contributed by atoms with Crippen LogP contribution in [0.4, 0.5) is 34.1 Å². The van der Waals surface area contributed by atoms with E-state index in [1.165, 1.54) is 44.5 Å². The first-order valence-electron chi connectivity index (χ1n) is 17.6. The Bertz CT molecular complexity index is 2150. The topological polar surface area (TPSA) is 6.48 Å². The van der Waals surface area contributed by atoms with Crippen molar-refractivity contribution in [3.63, 3.8) is 0 Å². The van der Waals surface area contributed by atoms with Crippen molar-refractivity contribution in [3.05, 3.63) is 203 Å². The van der Waals surface area contributed by atoms with Gasteiger partial charge in [0.2, 0.25) is 0 Å². The summed E-state index contributed by atoms with van der Waals surface area (Å²) in [7, 11) is 0. The van der Waals surface area contributed by atoms with E-state index < -0.39 is 0 Å². The molecule has 50 heavy (non-hydrogen) atoms. The Labute approximate surface area is 296 Å². The van der Waals surface area contributed by atoms with Crippen LogP contribution in [0.3, 0.4) is 0 Å². The van der Waals surface area contributed by atoms with Gasteiger partial charge in [-0.2, -0.15) is 0 Å². The van der Waals surface area contributed by atoms with E-state index in [1.807, 2.05) is 0 Å². The molecule has 1 aliphatic carbocycles. The summed E-state index contributed by atoms with van der Waals surface area (Å²) in [6.45, 7) is 8.92. The molecule has 1 aliphatic rings. The highest BCUT2D eigenvalue weighted by molar-refractivity contribution is 5.90. The molecule has 2 heteroatoms. The number of nitrogens with zero attached hydrogens (tertiary/aromatic N) is 2. The number of rotatable bonds is 8. The molecule has 0 bridgehead atoms. The van der Waals surface area contributed by atoms with Crippen molar-refractivity contribution in [1.82, 2.24) is 0 Å². The second kappa shape index (κ2) is 12.9. The third-order valence-corrected chi connectivity index (χ3v) is 10.2. The molecular formula is C48H42N2. The summed E-state index contributed by atoms with van der Waals surface area (Å²) in [6, 6.07) is 62.4. The molecule has 7 aromatic rings. The van der Waals surface area contributed by atoms with E-state index in [9.17, 15) is 0 Å². The van der Waals surface area contributed by atoms with Gasteiger partial charge < -0.3 is 9.80 Å². The maximum Gasteiger partial charge on any atom is 0.0468 e. The van der Waals surface area contributed by atoms with E-state index in [2.05, 4.69) is 207 Å². The van der Waals surface area contributed by atoms with Crippen molar-refractivity contribution in [1.29, 1.82) is 0 Å². The van der Waals surface area contributed by atoms with Crippen molar-refractivity contribution in [2.45, 2.75) is 39.5 Å². The molecule has 0 atom stereocenters. The van der Waals surface area contributed by atoms with Gasteiger partial charge in [-0.1, -0.05) is 110 Å². The van der Waals surface area contributed by atoms with Crippen molar-refractivity contribution in [2.24, 2.45) is 0 Å². The minimum Gasteiger partial charge on any atom is -0.310 e. The quantitative estimate of drug-likeness (QED) is 0.162. The van der Waals surface area contributed by atoms with Crippen LogP contribution in [-0.4, -0.2) is 0 Å². The van der Waals surface area contributed by atoms with Crippen LogP contribution in [-0.2, 0) is 11.8 Å². The summed E-state index contributed by atoms with van der Waals surface area (Å²) in [5.74, 6) is 0. The average Bonchev–Trinajstić information content (AvgIpc) is 3.37. The summed E-state index contributed by atoms with van der Waals surface area (Å²) in [6.07, 6.45) is 0.923. The van der Waals surface area contributed by atoms with E-state index in [0.717, 1.165) is 40.5 Å². The minimum absolute atomic E-state index is 0.196. The fourth-order valence-electron chi connectivity index (χ4n) is 7.78. The van der Waals surface area contributed by atoms with Crippen LogP contribution >= 0.6 is 0 Å². The zero-order chi connectivity index (χ0) is 34.2. The molecule has 0 N–H and O–H groups in total. The molecule has 0 heterocycles. The first-order valence-corrected chi connectivity index (χ1v) is 17.6. The summed E-state index contributed by atoms with van der Waals surface area (Å²) in [5.41, 5.74) is 17.1. The fraction of sp³-hybridized carbons (Fsp3) is 0.125. The van der Waals surface area contributed by atoms with Gasteiger partial charge in [0.05, 0.1) is 0 Å². The third-order valence-electron chi connectivity index (χ3n) is 10.2. The Balaban J connectivity index is 1.34. The number of para-hydroxylation sites is 2. The number of hydrogen-bond acceptors (Lipinski definition) is 2. The summed E-state index contributed by atoms with van der Waals surface area (Å²) >= 11 is 0. The van der Waals surface area contributed by atoms with Crippen LogP contribution in [0.25, 0.3) is 11.1 Å². The Morgan fingerprint density at radius 1 is 0.380 bits per heavy atom. The van der Waals surface area contributed by atoms with E-state index in [0.29, 0.717) is 0 Å². The van der Waals surface area contributed by atoms with Crippen LogP contribution in [0.2, 0.25) is 0 Å².